The minimum absolute atomic E-state index is 0.209. The lowest BCUT2D eigenvalue weighted by Gasteiger charge is -2.13. The van der Waals surface area contributed by atoms with Crippen LogP contribution in [0.2, 0.25) is 0 Å². The molecule has 0 spiro atoms. The molecule has 4 aromatic heterocycles. The van der Waals surface area contributed by atoms with E-state index >= 15 is 0 Å². The monoisotopic (exact) mass is 427 g/mol. The molecule has 3 N–H and O–H groups in total. The normalized spacial score (nSPS) is 15.4. The summed E-state index contributed by atoms with van der Waals surface area (Å²) in [7, 11) is 1.71. The summed E-state index contributed by atoms with van der Waals surface area (Å²) in [5.41, 5.74) is 5.29. The van der Waals surface area contributed by atoms with Crippen LogP contribution in [0.25, 0.3) is 27.8 Å². The number of pyridine rings is 3. The first-order valence-electron chi connectivity index (χ1n) is 9.44. The Balaban J connectivity index is 1.71. The van der Waals surface area contributed by atoms with E-state index in [1.54, 1.807) is 25.5 Å². The van der Waals surface area contributed by atoms with Crippen LogP contribution < -0.4 is 11.1 Å². The summed E-state index contributed by atoms with van der Waals surface area (Å²) in [6, 6.07) is 3.98. The van der Waals surface area contributed by atoms with Crippen molar-refractivity contribution in [3.05, 3.63) is 48.0 Å². The minimum atomic E-state index is -4.49. The number of carbonyl (C=O) groups is 1. The molecule has 0 unspecified atom stereocenters. The number of fused-ring (bicyclic) bond motifs is 2. The number of rotatable bonds is 4. The molecule has 0 radical (unpaired) electrons. The largest absolute Gasteiger partial charge is 0.417 e. The van der Waals surface area contributed by atoms with E-state index in [2.05, 4.69) is 25.4 Å². The number of anilines is 1. The van der Waals surface area contributed by atoms with Crippen LogP contribution in [-0.2, 0) is 16.4 Å². The Kier molecular flexibility index (Phi) is 3.95. The fourth-order valence-corrected chi connectivity index (χ4v) is 3.69. The van der Waals surface area contributed by atoms with Gasteiger partial charge in [-0.15, -0.1) is 5.10 Å². The lowest BCUT2D eigenvalue weighted by atomic mass is 9.97. The zero-order chi connectivity index (χ0) is 22.0. The smallest absolute Gasteiger partial charge is 0.373 e. The zero-order valence-electron chi connectivity index (χ0n) is 16.2. The van der Waals surface area contributed by atoms with Gasteiger partial charge in [-0.25, -0.2) is 14.5 Å². The van der Waals surface area contributed by atoms with E-state index in [1.165, 1.54) is 6.07 Å². The van der Waals surface area contributed by atoms with Gasteiger partial charge in [0.2, 0.25) is 5.91 Å². The maximum Gasteiger partial charge on any atom is 0.417 e. The topological polar surface area (TPSA) is 111 Å². The molecule has 5 rings (SSSR count). The van der Waals surface area contributed by atoms with Crippen molar-refractivity contribution < 1.29 is 18.0 Å². The zero-order valence-corrected chi connectivity index (χ0v) is 16.2. The van der Waals surface area contributed by atoms with Crippen molar-refractivity contribution in [1.29, 1.82) is 0 Å². The van der Waals surface area contributed by atoms with Crippen LogP contribution in [0.3, 0.4) is 0 Å². The molecule has 11 heteroatoms. The fraction of sp³-hybridized carbons (Fsp3) is 0.250. The van der Waals surface area contributed by atoms with Crippen LogP contribution in [-0.4, -0.2) is 37.5 Å². The summed E-state index contributed by atoms with van der Waals surface area (Å²) < 4.78 is 40.2. The summed E-state index contributed by atoms with van der Waals surface area (Å²) in [5.74, 6) is 0.333. The van der Waals surface area contributed by atoms with E-state index in [0.29, 0.717) is 40.7 Å². The molecule has 1 fully saturated rings. The maximum atomic E-state index is 13.0. The average molecular weight is 427 g/mol. The van der Waals surface area contributed by atoms with E-state index in [9.17, 15) is 18.0 Å². The number of nitrogens with zero attached hydrogens (tertiary/aromatic N) is 5. The quantitative estimate of drug-likeness (QED) is 0.518. The van der Waals surface area contributed by atoms with E-state index in [1.807, 2.05) is 0 Å². The number of hydrogen-bond donors (Lipinski definition) is 2. The number of nitrogens with one attached hydrogen (secondary N) is 1. The third-order valence-electron chi connectivity index (χ3n) is 5.62. The molecule has 0 aromatic carbocycles. The molecule has 1 amide bonds. The molecular weight excluding hydrogens is 411 g/mol. The Labute approximate surface area is 173 Å². The molecule has 31 heavy (non-hydrogen) atoms. The van der Waals surface area contributed by atoms with E-state index in [-0.39, 0.29) is 11.5 Å². The van der Waals surface area contributed by atoms with Crippen LogP contribution in [0.15, 0.2) is 36.8 Å². The van der Waals surface area contributed by atoms with Gasteiger partial charge >= 0.3 is 6.18 Å². The Morgan fingerprint density at radius 3 is 2.61 bits per heavy atom. The van der Waals surface area contributed by atoms with Crippen molar-refractivity contribution >= 4 is 28.1 Å². The molecule has 158 valence electrons. The first-order chi connectivity index (χ1) is 14.7. The second kappa shape index (κ2) is 6.37. The van der Waals surface area contributed by atoms with Gasteiger partial charge in [0, 0.05) is 42.0 Å². The second-order valence-corrected chi connectivity index (χ2v) is 7.49. The van der Waals surface area contributed by atoms with E-state index < -0.39 is 23.1 Å². The van der Waals surface area contributed by atoms with Crippen LogP contribution >= 0.6 is 0 Å². The fourth-order valence-electron chi connectivity index (χ4n) is 3.69. The van der Waals surface area contributed by atoms with Crippen molar-refractivity contribution in [2.24, 2.45) is 5.73 Å². The summed E-state index contributed by atoms with van der Waals surface area (Å²) in [6.07, 6.45) is 0.786. The van der Waals surface area contributed by atoms with E-state index in [4.69, 9.17) is 5.73 Å². The first kappa shape index (κ1) is 19.2. The number of aromatic nitrogens is 5. The van der Waals surface area contributed by atoms with Crippen molar-refractivity contribution in [3.63, 3.8) is 0 Å². The highest BCUT2D eigenvalue weighted by Gasteiger charge is 2.51. The molecule has 1 aliphatic carbocycles. The number of nitrogens with two attached hydrogens (primary N) is 1. The van der Waals surface area contributed by atoms with Crippen LogP contribution in [0.1, 0.15) is 24.1 Å². The predicted octanol–water partition coefficient (Wildman–Crippen LogP) is 2.92. The molecule has 4 aromatic rings. The minimum Gasteiger partial charge on any atom is -0.373 e. The van der Waals surface area contributed by atoms with Gasteiger partial charge in [0.15, 0.2) is 11.5 Å². The highest BCUT2D eigenvalue weighted by atomic mass is 19.4. The Bertz CT molecular complexity index is 1360. The van der Waals surface area contributed by atoms with Crippen molar-refractivity contribution in [2.45, 2.75) is 24.4 Å². The standard InChI is InChI=1S/C20H16F3N7O/c1-25-16-12-7-26-14(19(4-5-19)18(24)31)6-11(12)13(8-27-16)17-28-15-3-2-10(20(21,22)23)9-30(15)29-17/h2-3,6-9H,4-5H2,1H3,(H2,24,31)(H,25,27). The Hall–Kier alpha value is -3.76. The van der Waals surface area contributed by atoms with Crippen LogP contribution in [0.5, 0.6) is 0 Å². The highest BCUT2D eigenvalue weighted by Crippen LogP contribution is 2.48. The summed E-state index contributed by atoms with van der Waals surface area (Å²) in [6.45, 7) is 0. The van der Waals surface area contributed by atoms with Gasteiger partial charge in [-0.2, -0.15) is 13.2 Å². The molecule has 1 aliphatic rings. The molecule has 8 nitrogen and oxygen atoms in total. The number of halogens is 3. The van der Waals surface area contributed by atoms with Gasteiger partial charge in [-0.05, 0) is 31.0 Å². The number of primary amides is 1. The number of hydrogen-bond acceptors (Lipinski definition) is 6. The van der Waals surface area contributed by atoms with Gasteiger partial charge in [0.1, 0.15) is 5.82 Å². The highest BCUT2D eigenvalue weighted by molar-refractivity contribution is 6.01. The van der Waals surface area contributed by atoms with Gasteiger partial charge in [0.05, 0.1) is 16.7 Å². The molecule has 0 saturated heterocycles. The second-order valence-electron chi connectivity index (χ2n) is 7.49. The molecule has 1 saturated carbocycles. The number of alkyl halides is 3. The summed E-state index contributed by atoms with van der Waals surface area (Å²) in [4.78, 5) is 25.1. The molecule has 4 heterocycles. The third kappa shape index (κ3) is 2.95. The van der Waals surface area contributed by atoms with Crippen molar-refractivity contribution in [2.75, 3.05) is 12.4 Å². The number of carbonyl (C=O) groups excluding carboxylic acids is 1. The van der Waals surface area contributed by atoms with Crippen LogP contribution in [0, 0.1) is 0 Å². The molecular formula is C20H16F3N7O. The maximum absolute atomic E-state index is 13.0. The van der Waals surface area contributed by atoms with Crippen molar-refractivity contribution in [3.8, 4) is 11.4 Å². The third-order valence-corrected chi connectivity index (χ3v) is 5.62. The van der Waals surface area contributed by atoms with Crippen LogP contribution in [0.4, 0.5) is 19.0 Å². The predicted molar refractivity (Wildman–Crippen MR) is 106 cm³/mol. The molecule has 0 atom stereocenters. The number of amides is 1. The van der Waals surface area contributed by atoms with Gasteiger partial charge < -0.3 is 11.1 Å². The average Bonchev–Trinajstić information content (AvgIpc) is 3.45. The first-order valence-corrected chi connectivity index (χ1v) is 9.44. The lowest BCUT2D eigenvalue weighted by molar-refractivity contribution is -0.137. The Morgan fingerprint density at radius 1 is 1.19 bits per heavy atom. The molecule has 0 aliphatic heterocycles. The van der Waals surface area contributed by atoms with Crippen molar-refractivity contribution in [1.82, 2.24) is 24.6 Å². The lowest BCUT2D eigenvalue weighted by Crippen LogP contribution is -2.29. The van der Waals surface area contributed by atoms with E-state index in [0.717, 1.165) is 16.8 Å². The summed E-state index contributed by atoms with van der Waals surface area (Å²) >= 11 is 0. The molecule has 0 bridgehead atoms. The Morgan fingerprint density at radius 2 is 1.97 bits per heavy atom. The van der Waals surface area contributed by atoms with Gasteiger partial charge in [-0.3, -0.25) is 9.78 Å². The van der Waals surface area contributed by atoms with Gasteiger partial charge in [0.25, 0.3) is 0 Å². The van der Waals surface area contributed by atoms with Gasteiger partial charge in [-0.1, -0.05) is 0 Å². The SMILES string of the molecule is CNc1ncc(-c2nc3ccc(C(F)(F)F)cn3n2)c2cc(C3(C(N)=O)CC3)ncc12. The summed E-state index contributed by atoms with van der Waals surface area (Å²) in [5, 5.41) is 8.56.